The Labute approximate surface area is 126 Å². The number of guanidine groups is 1. The largest absolute Gasteiger partial charge is 0.381 e. The minimum Gasteiger partial charge on any atom is -0.381 e. The first kappa shape index (κ1) is 14.4. The van der Waals surface area contributed by atoms with Gasteiger partial charge in [-0.25, -0.2) is 4.99 Å². The number of hydrogen-bond acceptors (Lipinski definition) is 2. The lowest BCUT2D eigenvalue weighted by Crippen LogP contribution is -2.61. The normalized spacial score (nSPS) is 27.0. The molecular formula is C17H25N3O. The Balaban J connectivity index is 1.63. The molecule has 4 heteroatoms. The molecule has 3 N–H and O–H groups in total. The number of nitrogens with one attached hydrogen (secondary N) is 1. The van der Waals surface area contributed by atoms with E-state index in [1.807, 2.05) is 7.11 Å². The summed E-state index contributed by atoms with van der Waals surface area (Å²) in [6.07, 6.45) is 6.14. The topological polar surface area (TPSA) is 59.6 Å². The van der Waals surface area contributed by atoms with Crippen LogP contribution in [0.15, 0.2) is 29.3 Å². The third-order valence-electron chi connectivity index (χ3n) is 5.24. The Bertz CT molecular complexity index is 519. The summed E-state index contributed by atoms with van der Waals surface area (Å²) in [5.74, 6) is 0.519. The van der Waals surface area contributed by atoms with Gasteiger partial charge in [0.2, 0.25) is 0 Å². The first-order valence-corrected chi connectivity index (χ1v) is 7.90. The predicted molar refractivity (Wildman–Crippen MR) is 86.6 cm³/mol. The Hall–Kier alpha value is -1.55. The highest BCUT2D eigenvalue weighted by Gasteiger charge is 2.58. The highest BCUT2D eigenvalue weighted by molar-refractivity contribution is 5.92. The zero-order valence-corrected chi connectivity index (χ0v) is 12.9. The second-order valence-corrected chi connectivity index (χ2v) is 6.25. The van der Waals surface area contributed by atoms with Gasteiger partial charge in [0.1, 0.15) is 0 Å². The van der Waals surface area contributed by atoms with Gasteiger partial charge in [0.05, 0.1) is 12.1 Å². The molecule has 1 aromatic carbocycles. The van der Waals surface area contributed by atoms with Crippen LogP contribution in [0.2, 0.25) is 0 Å². The number of methoxy groups -OCH3 is 1. The van der Waals surface area contributed by atoms with Gasteiger partial charge in [-0.1, -0.05) is 25.5 Å². The molecule has 2 aliphatic carbocycles. The van der Waals surface area contributed by atoms with E-state index in [2.05, 4.69) is 36.5 Å². The Morgan fingerprint density at radius 1 is 1.38 bits per heavy atom. The number of ether oxygens (including phenoxy) is 1. The number of aryl methyl sites for hydroxylation is 1. The monoisotopic (exact) mass is 287 g/mol. The zero-order valence-electron chi connectivity index (χ0n) is 12.9. The first-order chi connectivity index (χ1) is 10.2. The Morgan fingerprint density at radius 2 is 2.10 bits per heavy atom. The standard InChI is InChI=1S/C17H25N3O/c1-3-12-5-7-13(8-6-12)19-16(18)20-14-11-15(21-2)17(14)9-4-10-17/h5-8,14-15H,3-4,9-11H2,1-2H3,(H3,18,19,20). The molecule has 0 saturated heterocycles. The van der Waals surface area contributed by atoms with Gasteiger partial charge in [-0.05, 0) is 43.4 Å². The van der Waals surface area contributed by atoms with Crippen LogP contribution in [-0.4, -0.2) is 25.2 Å². The number of rotatable bonds is 4. The van der Waals surface area contributed by atoms with Crippen molar-refractivity contribution in [1.29, 1.82) is 0 Å². The van der Waals surface area contributed by atoms with Gasteiger partial charge in [-0.2, -0.15) is 0 Å². The van der Waals surface area contributed by atoms with Crippen LogP contribution < -0.4 is 11.1 Å². The van der Waals surface area contributed by atoms with E-state index < -0.39 is 0 Å². The second kappa shape index (κ2) is 5.68. The molecule has 1 spiro atoms. The van der Waals surface area contributed by atoms with Crippen LogP contribution in [0.5, 0.6) is 0 Å². The quantitative estimate of drug-likeness (QED) is 0.661. The molecule has 0 heterocycles. The van der Waals surface area contributed by atoms with E-state index >= 15 is 0 Å². The van der Waals surface area contributed by atoms with Gasteiger partial charge in [0, 0.05) is 18.2 Å². The zero-order chi connectivity index (χ0) is 14.9. The fraction of sp³-hybridized carbons (Fsp3) is 0.588. The van der Waals surface area contributed by atoms with E-state index in [9.17, 15) is 0 Å². The van der Waals surface area contributed by atoms with Crippen molar-refractivity contribution in [2.45, 2.75) is 51.2 Å². The second-order valence-electron chi connectivity index (χ2n) is 6.25. The lowest BCUT2D eigenvalue weighted by atomic mass is 9.51. The van der Waals surface area contributed by atoms with Crippen LogP contribution in [0.25, 0.3) is 0 Å². The van der Waals surface area contributed by atoms with Gasteiger partial charge in [-0.3, -0.25) is 0 Å². The molecule has 1 aromatic rings. The number of aliphatic imine (C=N–C) groups is 1. The van der Waals surface area contributed by atoms with E-state index in [1.165, 1.54) is 24.8 Å². The van der Waals surface area contributed by atoms with Gasteiger partial charge in [0.15, 0.2) is 5.96 Å². The van der Waals surface area contributed by atoms with Gasteiger partial charge in [0.25, 0.3) is 0 Å². The fourth-order valence-electron chi connectivity index (χ4n) is 3.65. The van der Waals surface area contributed by atoms with Crippen molar-refractivity contribution in [3.63, 3.8) is 0 Å². The molecule has 2 fully saturated rings. The fourth-order valence-corrected chi connectivity index (χ4v) is 3.65. The summed E-state index contributed by atoms with van der Waals surface area (Å²) in [5, 5.41) is 3.20. The number of benzene rings is 1. The Kier molecular flexibility index (Phi) is 3.89. The third-order valence-corrected chi connectivity index (χ3v) is 5.24. The third kappa shape index (κ3) is 2.53. The molecule has 21 heavy (non-hydrogen) atoms. The predicted octanol–water partition coefficient (Wildman–Crippen LogP) is 2.93. The van der Waals surface area contributed by atoms with Crippen LogP contribution >= 0.6 is 0 Å². The minimum atomic E-state index is 0.271. The highest BCUT2D eigenvalue weighted by atomic mass is 16.5. The maximum atomic E-state index is 6.07. The molecular weight excluding hydrogens is 262 g/mol. The summed E-state index contributed by atoms with van der Waals surface area (Å²) >= 11 is 0. The summed E-state index contributed by atoms with van der Waals surface area (Å²) in [6.45, 7) is 2.15. The Morgan fingerprint density at radius 3 is 2.62 bits per heavy atom. The first-order valence-electron chi connectivity index (χ1n) is 7.90. The van der Waals surface area contributed by atoms with E-state index in [0.717, 1.165) is 18.5 Å². The molecule has 0 radical (unpaired) electrons. The summed E-state index contributed by atoms with van der Waals surface area (Å²) in [4.78, 5) is 4.70. The summed E-state index contributed by atoms with van der Waals surface area (Å²) in [7, 11) is 1.81. The number of hydrogen-bond donors (Lipinski definition) is 2. The highest BCUT2D eigenvalue weighted by Crippen LogP contribution is 2.58. The molecule has 0 amide bonds. The average molecular weight is 287 g/mol. The molecule has 4 nitrogen and oxygen atoms in total. The average Bonchev–Trinajstić information content (AvgIpc) is 2.42. The van der Waals surface area contributed by atoms with E-state index in [-0.39, 0.29) is 5.41 Å². The van der Waals surface area contributed by atoms with Crippen molar-refractivity contribution in [3.8, 4) is 0 Å². The molecule has 2 aliphatic rings. The van der Waals surface area contributed by atoms with E-state index in [4.69, 9.17) is 15.5 Å². The number of nitrogens with zero attached hydrogens (tertiary/aromatic N) is 1. The summed E-state index contributed by atoms with van der Waals surface area (Å²) in [6, 6.07) is 8.66. The van der Waals surface area contributed by atoms with Crippen molar-refractivity contribution >= 4 is 11.6 Å². The van der Waals surface area contributed by atoms with Crippen molar-refractivity contribution in [2.24, 2.45) is 16.1 Å². The molecule has 2 saturated carbocycles. The van der Waals surface area contributed by atoms with Gasteiger partial charge in [-0.15, -0.1) is 0 Å². The molecule has 2 atom stereocenters. The summed E-state index contributed by atoms with van der Waals surface area (Å²) < 4.78 is 5.57. The number of anilines is 1. The van der Waals surface area contributed by atoms with Crippen molar-refractivity contribution in [1.82, 2.24) is 0 Å². The van der Waals surface area contributed by atoms with Gasteiger partial charge >= 0.3 is 0 Å². The van der Waals surface area contributed by atoms with Crippen molar-refractivity contribution in [3.05, 3.63) is 29.8 Å². The molecule has 114 valence electrons. The van der Waals surface area contributed by atoms with Crippen LogP contribution in [0.1, 0.15) is 38.2 Å². The van der Waals surface area contributed by atoms with Crippen LogP contribution in [-0.2, 0) is 11.2 Å². The maximum absolute atomic E-state index is 6.07. The lowest BCUT2D eigenvalue weighted by Gasteiger charge is -2.59. The minimum absolute atomic E-state index is 0.271. The molecule has 0 aromatic heterocycles. The van der Waals surface area contributed by atoms with E-state index in [0.29, 0.717) is 18.1 Å². The molecule has 0 bridgehead atoms. The number of nitrogens with two attached hydrogens (primary N) is 1. The molecule has 2 unspecified atom stereocenters. The molecule has 3 rings (SSSR count). The smallest absolute Gasteiger partial charge is 0.193 e. The molecule has 0 aliphatic heterocycles. The van der Waals surface area contributed by atoms with Crippen LogP contribution in [0, 0.1) is 5.41 Å². The maximum Gasteiger partial charge on any atom is 0.193 e. The summed E-state index contributed by atoms with van der Waals surface area (Å²) in [5.41, 5.74) is 8.67. The van der Waals surface area contributed by atoms with Crippen LogP contribution in [0.3, 0.4) is 0 Å². The lowest BCUT2D eigenvalue weighted by molar-refractivity contribution is -0.150. The van der Waals surface area contributed by atoms with E-state index in [1.54, 1.807) is 0 Å². The van der Waals surface area contributed by atoms with Crippen molar-refractivity contribution < 1.29 is 4.74 Å². The van der Waals surface area contributed by atoms with Crippen LogP contribution in [0.4, 0.5) is 5.69 Å². The van der Waals surface area contributed by atoms with Crippen molar-refractivity contribution in [2.75, 3.05) is 12.4 Å². The SMILES string of the molecule is CCc1ccc(NC(N)=NC2CC(OC)C23CCC3)cc1. The van der Waals surface area contributed by atoms with Gasteiger partial charge < -0.3 is 15.8 Å².